The molecule has 0 unspecified atom stereocenters. The minimum Gasteiger partial charge on any atom is -0.410 e. The maximum Gasteiger partial charge on any atom is 0.192 e. The first-order chi connectivity index (χ1) is 10.9. The van der Waals surface area contributed by atoms with Gasteiger partial charge in [-0.2, -0.15) is 0 Å². The summed E-state index contributed by atoms with van der Waals surface area (Å²) in [5.41, 5.74) is 0. The van der Waals surface area contributed by atoms with Gasteiger partial charge in [0.05, 0.1) is 22.2 Å². The highest BCUT2D eigenvalue weighted by Crippen LogP contribution is 2.43. The molecule has 5 atom stereocenters. The molecular formula is C18H39IO4Si2. The van der Waals surface area contributed by atoms with E-state index < -0.39 is 22.9 Å². The minimum absolute atomic E-state index is 0.109. The van der Waals surface area contributed by atoms with Crippen molar-refractivity contribution in [1.29, 1.82) is 0 Å². The van der Waals surface area contributed by atoms with Gasteiger partial charge in [0, 0.05) is 0 Å². The molecule has 0 spiro atoms. The zero-order valence-electron chi connectivity index (χ0n) is 17.9. The highest BCUT2D eigenvalue weighted by Gasteiger charge is 2.51. The zero-order chi connectivity index (χ0) is 20.0. The summed E-state index contributed by atoms with van der Waals surface area (Å²) in [6.45, 7) is 24.5. The van der Waals surface area contributed by atoms with Gasteiger partial charge < -0.3 is 18.7 Å². The summed E-state index contributed by atoms with van der Waals surface area (Å²) in [7, 11) is -3.97. The van der Waals surface area contributed by atoms with Crippen LogP contribution < -0.4 is 0 Å². The average Bonchev–Trinajstić information content (AvgIpc) is 2.37. The van der Waals surface area contributed by atoms with Gasteiger partial charge in [-0.05, 0) is 43.2 Å². The lowest BCUT2D eigenvalue weighted by molar-refractivity contribution is -0.212. The molecule has 1 fully saturated rings. The second-order valence-corrected chi connectivity index (χ2v) is 21.3. The van der Waals surface area contributed by atoms with E-state index in [1.54, 1.807) is 0 Å². The van der Waals surface area contributed by atoms with Crippen molar-refractivity contribution in [3.8, 4) is 0 Å². The first-order valence-corrected chi connectivity index (χ1v) is 16.3. The number of halogens is 1. The first-order valence-electron chi connectivity index (χ1n) is 9.24. The van der Waals surface area contributed by atoms with Crippen molar-refractivity contribution in [2.75, 3.05) is 0 Å². The Morgan fingerprint density at radius 3 is 1.56 bits per heavy atom. The van der Waals surface area contributed by atoms with Crippen molar-refractivity contribution >= 4 is 39.2 Å². The zero-order valence-corrected chi connectivity index (χ0v) is 22.1. The fourth-order valence-electron chi connectivity index (χ4n) is 2.31. The van der Waals surface area contributed by atoms with Crippen LogP contribution >= 0.6 is 22.6 Å². The van der Waals surface area contributed by atoms with E-state index >= 15 is 0 Å². The van der Waals surface area contributed by atoms with E-state index in [4.69, 9.17) is 13.6 Å². The van der Waals surface area contributed by atoms with Crippen LogP contribution in [0.5, 0.6) is 0 Å². The van der Waals surface area contributed by atoms with Crippen molar-refractivity contribution in [2.45, 2.75) is 113 Å². The summed E-state index contributed by atoms with van der Waals surface area (Å²) in [5.74, 6) is 0. The lowest BCUT2D eigenvalue weighted by atomic mass is 10.0. The Bertz CT molecular complexity index is 457. The van der Waals surface area contributed by atoms with Crippen molar-refractivity contribution in [2.24, 2.45) is 0 Å². The summed E-state index contributed by atoms with van der Waals surface area (Å²) >= 11 is 2.27. The molecule has 25 heavy (non-hydrogen) atoms. The van der Waals surface area contributed by atoms with E-state index in [2.05, 4.69) is 90.3 Å². The number of hydrogen-bond donors (Lipinski definition) is 1. The molecule has 1 rings (SSSR count). The van der Waals surface area contributed by atoms with E-state index in [0.29, 0.717) is 0 Å². The van der Waals surface area contributed by atoms with E-state index in [1.165, 1.54) is 0 Å². The molecule has 0 aromatic heterocycles. The lowest BCUT2D eigenvalue weighted by Gasteiger charge is -2.50. The molecule has 1 aliphatic rings. The van der Waals surface area contributed by atoms with Crippen LogP contribution in [0.3, 0.4) is 0 Å². The second kappa shape index (κ2) is 7.79. The molecule has 0 aliphatic carbocycles. The number of hydrogen-bond acceptors (Lipinski definition) is 4. The van der Waals surface area contributed by atoms with Gasteiger partial charge in [0.2, 0.25) is 0 Å². The molecular weight excluding hydrogens is 463 g/mol. The molecule has 150 valence electrons. The molecule has 1 saturated heterocycles. The van der Waals surface area contributed by atoms with Gasteiger partial charge in [0.1, 0.15) is 0 Å². The van der Waals surface area contributed by atoms with E-state index in [-0.39, 0.29) is 32.3 Å². The number of ether oxygens (including phenoxy) is 1. The predicted octanol–water partition coefficient (Wildman–Crippen LogP) is 5.31. The lowest BCUT2D eigenvalue weighted by Crippen LogP contribution is -2.63. The fraction of sp³-hybridized carbons (Fsp3) is 1.00. The Labute approximate surface area is 170 Å². The van der Waals surface area contributed by atoms with Crippen molar-refractivity contribution in [1.82, 2.24) is 0 Å². The summed E-state index contributed by atoms with van der Waals surface area (Å²) in [5, 5.41) is 10.6. The summed E-state index contributed by atoms with van der Waals surface area (Å²) in [6, 6.07) is 0. The smallest absolute Gasteiger partial charge is 0.192 e. The van der Waals surface area contributed by atoms with Crippen molar-refractivity contribution in [3.63, 3.8) is 0 Å². The molecule has 4 nitrogen and oxygen atoms in total. The highest BCUT2D eigenvalue weighted by molar-refractivity contribution is 14.1. The Balaban J connectivity index is 3.17. The van der Waals surface area contributed by atoms with Crippen molar-refractivity contribution in [3.05, 3.63) is 0 Å². The molecule has 0 aromatic carbocycles. The van der Waals surface area contributed by atoms with Gasteiger partial charge in [-0.1, -0.05) is 64.1 Å². The number of aliphatic hydroxyl groups excluding tert-OH is 1. The van der Waals surface area contributed by atoms with Crippen LogP contribution in [0.25, 0.3) is 0 Å². The maximum atomic E-state index is 10.4. The predicted molar refractivity (Wildman–Crippen MR) is 119 cm³/mol. The van der Waals surface area contributed by atoms with Crippen LogP contribution in [-0.2, 0) is 13.6 Å². The third kappa shape index (κ3) is 5.51. The van der Waals surface area contributed by atoms with E-state index in [1.807, 2.05) is 6.92 Å². The van der Waals surface area contributed by atoms with Crippen molar-refractivity contribution < 1.29 is 18.7 Å². The molecule has 1 N–H and O–H groups in total. The summed E-state index contributed by atoms with van der Waals surface area (Å²) < 4.78 is 19.1. The van der Waals surface area contributed by atoms with Crippen LogP contribution in [-0.4, -0.2) is 50.3 Å². The van der Waals surface area contributed by atoms with Gasteiger partial charge in [-0.25, -0.2) is 0 Å². The summed E-state index contributed by atoms with van der Waals surface area (Å²) in [4.78, 5) is 0. The second-order valence-electron chi connectivity index (χ2n) is 10.4. The SMILES string of the molecule is C[C@@H]1O[C@@H](O)[C@H](I)[C@H](O[Si](C)(C)C(C)(C)C)[C@@H]1O[Si](C)(C)C(C)(C)C. The van der Waals surface area contributed by atoms with Gasteiger partial charge in [-0.15, -0.1) is 0 Å². The molecule has 1 heterocycles. The average molecular weight is 503 g/mol. The quantitative estimate of drug-likeness (QED) is 0.322. The molecule has 0 radical (unpaired) electrons. The standard InChI is InChI=1S/C18H39IO4Si2/c1-12-14(22-24(8,9)17(2,3)4)15(13(19)16(20)21-12)23-25(10,11)18(5,6)7/h12-16,20H,1-11H3/t12-,13+,14+,15-,16+/m0/s1. The third-order valence-electron chi connectivity index (χ3n) is 6.20. The molecule has 0 bridgehead atoms. The largest absolute Gasteiger partial charge is 0.410 e. The summed E-state index contributed by atoms with van der Waals surface area (Å²) in [6.07, 6.45) is -1.32. The van der Waals surface area contributed by atoms with Gasteiger partial charge >= 0.3 is 0 Å². The molecule has 1 aliphatic heterocycles. The maximum absolute atomic E-state index is 10.4. The number of alkyl halides is 1. The topological polar surface area (TPSA) is 47.9 Å². The monoisotopic (exact) mass is 502 g/mol. The Morgan fingerprint density at radius 1 is 0.840 bits per heavy atom. The molecule has 7 heteroatoms. The van der Waals surface area contributed by atoms with Crippen LogP contribution in [0.15, 0.2) is 0 Å². The van der Waals surface area contributed by atoms with Gasteiger partial charge in [-0.3, -0.25) is 0 Å². The fourth-order valence-corrected chi connectivity index (χ4v) is 5.99. The Kier molecular flexibility index (Phi) is 7.49. The Morgan fingerprint density at radius 2 is 1.20 bits per heavy atom. The number of aliphatic hydroxyl groups is 1. The van der Waals surface area contributed by atoms with Crippen LogP contribution in [0.4, 0.5) is 0 Å². The van der Waals surface area contributed by atoms with Crippen LogP contribution in [0.2, 0.25) is 36.3 Å². The molecule has 0 amide bonds. The van der Waals surface area contributed by atoms with Crippen LogP contribution in [0.1, 0.15) is 48.5 Å². The Hall–Kier alpha value is 1.00. The van der Waals surface area contributed by atoms with Gasteiger partial charge in [0.15, 0.2) is 22.9 Å². The molecule has 0 saturated carbocycles. The normalized spacial score (nSPS) is 32.8. The molecule has 0 aromatic rings. The van der Waals surface area contributed by atoms with Crippen LogP contribution in [0, 0.1) is 0 Å². The van der Waals surface area contributed by atoms with E-state index in [9.17, 15) is 5.11 Å². The third-order valence-corrected chi connectivity index (χ3v) is 16.5. The highest BCUT2D eigenvalue weighted by atomic mass is 127. The van der Waals surface area contributed by atoms with E-state index in [0.717, 1.165) is 0 Å². The van der Waals surface area contributed by atoms with Gasteiger partial charge in [0.25, 0.3) is 0 Å². The minimum atomic E-state index is -1.99. The number of rotatable bonds is 4. The first kappa shape index (κ1) is 24.0.